The number of carbonyl (C=O) groups excluding carboxylic acids is 1. The number of amides is 1. The maximum Gasteiger partial charge on any atom is 0.254 e. The van der Waals surface area contributed by atoms with E-state index in [0.29, 0.717) is 11.6 Å². The van der Waals surface area contributed by atoms with Gasteiger partial charge < -0.3 is 20.4 Å². The number of methoxy groups -OCH3 is 1. The minimum atomic E-state index is -0.122. The monoisotopic (exact) mass is 407 g/mol. The van der Waals surface area contributed by atoms with E-state index in [1.54, 1.807) is 20.4 Å². The third-order valence-corrected chi connectivity index (χ3v) is 5.79. The number of benzene rings is 1. The molecule has 158 valence electrons. The van der Waals surface area contributed by atoms with Gasteiger partial charge in [0, 0.05) is 44.0 Å². The zero-order valence-corrected chi connectivity index (χ0v) is 17.6. The van der Waals surface area contributed by atoms with Crippen molar-refractivity contribution in [3.63, 3.8) is 0 Å². The zero-order valence-electron chi connectivity index (χ0n) is 17.6. The fourth-order valence-electron chi connectivity index (χ4n) is 4.12. The van der Waals surface area contributed by atoms with Crippen LogP contribution in [0, 0.1) is 0 Å². The Morgan fingerprint density at radius 1 is 1.23 bits per heavy atom. The van der Waals surface area contributed by atoms with Crippen molar-refractivity contribution in [2.24, 2.45) is 0 Å². The van der Waals surface area contributed by atoms with Crippen LogP contribution < -0.4 is 15.4 Å². The summed E-state index contributed by atoms with van der Waals surface area (Å²) in [7, 11) is 3.34. The molecule has 7 heteroatoms. The second-order valence-corrected chi connectivity index (χ2v) is 7.76. The predicted octanol–water partition coefficient (Wildman–Crippen LogP) is 3.40. The average molecular weight is 408 g/mol. The van der Waals surface area contributed by atoms with E-state index in [1.165, 1.54) is 5.56 Å². The minimum Gasteiger partial charge on any atom is -0.497 e. The van der Waals surface area contributed by atoms with Gasteiger partial charge >= 0.3 is 0 Å². The lowest BCUT2D eigenvalue weighted by atomic mass is 10.1. The van der Waals surface area contributed by atoms with E-state index in [4.69, 9.17) is 4.74 Å². The molecule has 1 unspecified atom stereocenters. The van der Waals surface area contributed by atoms with Crippen LogP contribution in [0.15, 0.2) is 42.7 Å². The summed E-state index contributed by atoms with van der Waals surface area (Å²) in [5.74, 6) is 0.766. The van der Waals surface area contributed by atoms with Crippen LogP contribution in [0.5, 0.6) is 5.75 Å². The van der Waals surface area contributed by atoms with E-state index < -0.39 is 0 Å². The van der Waals surface area contributed by atoms with Gasteiger partial charge in [-0.15, -0.1) is 0 Å². The van der Waals surface area contributed by atoms with Gasteiger partial charge in [0.05, 0.1) is 18.4 Å². The normalized spacial score (nSPS) is 17.5. The molecule has 4 rings (SSSR count). The molecule has 1 aromatic carbocycles. The van der Waals surface area contributed by atoms with E-state index in [9.17, 15) is 4.79 Å². The molecule has 0 radical (unpaired) electrons. The van der Waals surface area contributed by atoms with Gasteiger partial charge in [-0.2, -0.15) is 0 Å². The van der Waals surface area contributed by atoms with Crippen LogP contribution >= 0.6 is 0 Å². The summed E-state index contributed by atoms with van der Waals surface area (Å²) in [6.45, 7) is 3.03. The van der Waals surface area contributed by atoms with Crippen LogP contribution in [0.2, 0.25) is 0 Å². The Balaban J connectivity index is 1.45. The van der Waals surface area contributed by atoms with Gasteiger partial charge in [0.2, 0.25) is 0 Å². The van der Waals surface area contributed by atoms with E-state index in [2.05, 4.69) is 37.6 Å². The van der Waals surface area contributed by atoms with E-state index in [1.807, 2.05) is 24.4 Å². The van der Waals surface area contributed by atoms with Gasteiger partial charge in [-0.1, -0.05) is 12.1 Å². The van der Waals surface area contributed by atoms with Gasteiger partial charge in [0.15, 0.2) is 0 Å². The second-order valence-electron chi connectivity index (χ2n) is 7.76. The van der Waals surface area contributed by atoms with Gasteiger partial charge in [0.1, 0.15) is 11.4 Å². The third kappa shape index (κ3) is 4.41. The van der Waals surface area contributed by atoms with Crippen molar-refractivity contribution in [1.82, 2.24) is 20.2 Å². The van der Waals surface area contributed by atoms with Crippen LogP contribution in [0.25, 0.3) is 11.0 Å². The SMILES string of the molecule is CNC(=O)c1cnc2[nH]ccc2c1NC1CCCN(Cc2ccc(OC)cc2)CC1. The van der Waals surface area contributed by atoms with Gasteiger partial charge in [-0.05, 0) is 49.6 Å². The Labute approximate surface area is 176 Å². The minimum absolute atomic E-state index is 0.122. The standard InChI is InChI=1S/C23H29N5O2/c1-24-23(29)20-14-26-22-19(9-11-25-22)21(20)27-17-4-3-12-28(13-10-17)15-16-5-7-18(30-2)8-6-16/h5-9,11,14,17H,3-4,10,12-13,15H2,1-2H3,(H,24,29)(H2,25,26,27). The molecular weight excluding hydrogens is 378 g/mol. The molecule has 30 heavy (non-hydrogen) atoms. The largest absolute Gasteiger partial charge is 0.497 e. The molecule has 1 saturated heterocycles. The Morgan fingerprint density at radius 3 is 2.83 bits per heavy atom. The van der Waals surface area contributed by atoms with Crippen molar-refractivity contribution in [3.8, 4) is 5.75 Å². The van der Waals surface area contributed by atoms with Gasteiger partial charge in [0.25, 0.3) is 5.91 Å². The summed E-state index contributed by atoms with van der Waals surface area (Å²) in [4.78, 5) is 22.4. The lowest BCUT2D eigenvalue weighted by molar-refractivity contribution is 0.0963. The van der Waals surface area contributed by atoms with Crippen LogP contribution in [-0.2, 0) is 6.54 Å². The van der Waals surface area contributed by atoms with Crippen molar-refractivity contribution in [2.45, 2.75) is 31.8 Å². The second kappa shape index (κ2) is 9.17. The molecule has 1 aliphatic rings. The molecule has 3 aromatic rings. The lowest BCUT2D eigenvalue weighted by Gasteiger charge is -2.22. The first kappa shape index (κ1) is 20.2. The number of hydrogen-bond donors (Lipinski definition) is 3. The van der Waals surface area contributed by atoms with E-state index >= 15 is 0 Å². The number of nitrogens with one attached hydrogen (secondary N) is 3. The fourth-order valence-corrected chi connectivity index (χ4v) is 4.12. The number of carbonyl (C=O) groups is 1. The van der Waals surface area contributed by atoms with Crippen LogP contribution in [-0.4, -0.2) is 54.1 Å². The topological polar surface area (TPSA) is 82.3 Å². The van der Waals surface area contributed by atoms with Crippen LogP contribution in [0.4, 0.5) is 5.69 Å². The Hall–Kier alpha value is -3.06. The number of pyridine rings is 1. The number of rotatable bonds is 6. The van der Waals surface area contributed by atoms with Crippen LogP contribution in [0.1, 0.15) is 35.2 Å². The highest BCUT2D eigenvalue weighted by atomic mass is 16.5. The predicted molar refractivity (Wildman–Crippen MR) is 119 cm³/mol. The van der Waals surface area contributed by atoms with Crippen molar-refractivity contribution in [2.75, 3.05) is 32.6 Å². The maximum atomic E-state index is 12.4. The molecular formula is C23H29N5O2. The summed E-state index contributed by atoms with van der Waals surface area (Å²) in [6, 6.07) is 10.6. The maximum absolute atomic E-state index is 12.4. The highest BCUT2D eigenvalue weighted by molar-refractivity contribution is 6.06. The number of ether oxygens (including phenoxy) is 1. The van der Waals surface area contributed by atoms with E-state index in [-0.39, 0.29) is 5.91 Å². The number of anilines is 1. The van der Waals surface area contributed by atoms with Gasteiger partial charge in [-0.3, -0.25) is 9.69 Å². The Bertz CT molecular complexity index is 999. The number of likely N-dealkylation sites (tertiary alicyclic amines) is 1. The van der Waals surface area contributed by atoms with Crippen molar-refractivity contribution >= 4 is 22.6 Å². The van der Waals surface area contributed by atoms with Crippen molar-refractivity contribution in [1.29, 1.82) is 0 Å². The highest BCUT2D eigenvalue weighted by Crippen LogP contribution is 2.28. The van der Waals surface area contributed by atoms with Crippen molar-refractivity contribution in [3.05, 3.63) is 53.9 Å². The van der Waals surface area contributed by atoms with E-state index in [0.717, 1.165) is 61.4 Å². The first-order valence-electron chi connectivity index (χ1n) is 10.5. The molecule has 3 N–H and O–H groups in total. The third-order valence-electron chi connectivity index (χ3n) is 5.79. The molecule has 7 nitrogen and oxygen atoms in total. The summed E-state index contributed by atoms with van der Waals surface area (Å²) < 4.78 is 5.25. The molecule has 3 heterocycles. The lowest BCUT2D eigenvalue weighted by Crippen LogP contribution is -2.27. The first-order valence-corrected chi connectivity index (χ1v) is 10.5. The summed E-state index contributed by atoms with van der Waals surface area (Å²) >= 11 is 0. The number of nitrogens with zero attached hydrogens (tertiary/aromatic N) is 2. The number of hydrogen-bond acceptors (Lipinski definition) is 5. The first-order chi connectivity index (χ1) is 14.7. The fraction of sp³-hybridized carbons (Fsp3) is 0.391. The molecule has 1 aliphatic heterocycles. The summed E-state index contributed by atoms with van der Waals surface area (Å²) in [5, 5.41) is 7.35. The Morgan fingerprint density at radius 2 is 2.07 bits per heavy atom. The molecule has 2 aromatic heterocycles. The van der Waals surface area contributed by atoms with Crippen LogP contribution in [0.3, 0.4) is 0 Å². The number of aromatic nitrogens is 2. The molecule has 1 atom stereocenters. The molecule has 0 spiro atoms. The summed E-state index contributed by atoms with van der Waals surface area (Å²) in [6.07, 6.45) is 6.72. The average Bonchev–Trinajstić information content (AvgIpc) is 3.16. The number of aromatic amines is 1. The van der Waals surface area contributed by atoms with Crippen molar-refractivity contribution < 1.29 is 9.53 Å². The zero-order chi connectivity index (χ0) is 20.9. The smallest absolute Gasteiger partial charge is 0.254 e. The molecule has 0 aliphatic carbocycles. The highest BCUT2D eigenvalue weighted by Gasteiger charge is 2.21. The molecule has 0 saturated carbocycles. The molecule has 1 fully saturated rings. The number of H-pyrrole nitrogens is 1. The molecule has 0 bridgehead atoms. The Kier molecular flexibility index (Phi) is 6.18. The molecule has 1 amide bonds. The van der Waals surface area contributed by atoms with Gasteiger partial charge in [-0.25, -0.2) is 4.98 Å². The quantitative estimate of drug-likeness (QED) is 0.583. The summed E-state index contributed by atoms with van der Waals surface area (Å²) in [5.41, 5.74) is 3.55. The number of fused-ring (bicyclic) bond motifs is 1.